The third kappa shape index (κ3) is 7.99. The van der Waals surface area contributed by atoms with Gasteiger partial charge in [0.1, 0.15) is 6.61 Å². The van der Waals surface area contributed by atoms with Crippen LogP contribution in [0.3, 0.4) is 0 Å². The van der Waals surface area contributed by atoms with Gasteiger partial charge in [-0.15, -0.1) is 4.52 Å². The number of halogens is 1. The SMILES string of the molecule is CC(C)(C)CCO[P+](=O)F. The highest BCUT2D eigenvalue weighted by molar-refractivity contribution is 7.32. The average molecular weight is 167 g/mol. The van der Waals surface area contributed by atoms with Gasteiger partial charge in [-0.3, -0.25) is 0 Å². The highest BCUT2D eigenvalue weighted by Gasteiger charge is 2.18. The van der Waals surface area contributed by atoms with Crippen LogP contribution >= 0.6 is 8.34 Å². The quantitative estimate of drug-likeness (QED) is 0.604. The van der Waals surface area contributed by atoms with E-state index in [1.807, 2.05) is 20.8 Å². The normalized spacial score (nSPS) is 13.4. The first-order valence-electron chi connectivity index (χ1n) is 3.18. The van der Waals surface area contributed by atoms with Crippen molar-refractivity contribution in [1.82, 2.24) is 0 Å². The summed E-state index contributed by atoms with van der Waals surface area (Å²) in [6.07, 6.45) is 0.720. The largest absolute Gasteiger partial charge is 0.746 e. The van der Waals surface area contributed by atoms with E-state index in [0.717, 1.165) is 6.42 Å². The fraction of sp³-hybridized carbons (Fsp3) is 1.00. The Morgan fingerprint density at radius 1 is 1.50 bits per heavy atom. The summed E-state index contributed by atoms with van der Waals surface area (Å²) in [5.41, 5.74) is 0.116. The Labute approximate surface area is 61.8 Å². The van der Waals surface area contributed by atoms with Crippen molar-refractivity contribution in [2.45, 2.75) is 27.2 Å². The topological polar surface area (TPSA) is 26.3 Å². The predicted molar refractivity (Wildman–Crippen MR) is 38.7 cm³/mol. The lowest BCUT2D eigenvalue weighted by Gasteiger charge is -2.14. The zero-order valence-electron chi connectivity index (χ0n) is 6.56. The van der Waals surface area contributed by atoms with E-state index in [4.69, 9.17) is 0 Å². The van der Waals surface area contributed by atoms with Crippen molar-refractivity contribution in [2.24, 2.45) is 5.41 Å². The van der Waals surface area contributed by atoms with Crippen molar-refractivity contribution in [2.75, 3.05) is 6.61 Å². The maximum atomic E-state index is 11.6. The molecule has 0 fully saturated rings. The highest BCUT2D eigenvalue weighted by atomic mass is 31.2. The second-order valence-corrected chi connectivity index (χ2v) is 4.04. The molecule has 60 valence electrons. The number of rotatable bonds is 3. The van der Waals surface area contributed by atoms with Crippen molar-refractivity contribution < 1.29 is 13.3 Å². The minimum atomic E-state index is -2.90. The molecule has 4 heteroatoms. The Hall–Kier alpha value is -0.0100. The van der Waals surface area contributed by atoms with Gasteiger partial charge in [0.15, 0.2) is 0 Å². The maximum Gasteiger partial charge on any atom is 0.746 e. The first-order chi connectivity index (χ1) is 4.42. The summed E-state index contributed by atoms with van der Waals surface area (Å²) in [5, 5.41) is 0. The van der Waals surface area contributed by atoms with Crippen LogP contribution < -0.4 is 0 Å². The van der Waals surface area contributed by atoms with E-state index in [1.165, 1.54) is 0 Å². The number of hydrogen-bond donors (Lipinski definition) is 0. The van der Waals surface area contributed by atoms with Gasteiger partial charge >= 0.3 is 8.34 Å². The third-order valence-corrected chi connectivity index (χ3v) is 1.43. The van der Waals surface area contributed by atoms with E-state index in [1.54, 1.807) is 0 Å². The molecule has 0 bridgehead atoms. The smallest absolute Gasteiger partial charge is 0.115 e. The number of hydrogen-bond acceptors (Lipinski definition) is 2. The van der Waals surface area contributed by atoms with E-state index >= 15 is 0 Å². The zero-order chi connectivity index (χ0) is 8.20. The van der Waals surface area contributed by atoms with Crippen molar-refractivity contribution in [3.8, 4) is 0 Å². The third-order valence-electron chi connectivity index (χ3n) is 1.04. The molecular weight excluding hydrogens is 154 g/mol. The van der Waals surface area contributed by atoms with Crippen LogP contribution in [0.1, 0.15) is 27.2 Å². The minimum absolute atomic E-state index is 0.116. The molecular formula is C6H13FO2P+. The zero-order valence-corrected chi connectivity index (χ0v) is 7.45. The summed E-state index contributed by atoms with van der Waals surface area (Å²) in [5.74, 6) is 0. The van der Waals surface area contributed by atoms with Gasteiger partial charge in [-0.2, -0.15) is 0 Å². The van der Waals surface area contributed by atoms with Gasteiger partial charge in [0.05, 0.1) is 4.20 Å². The molecule has 1 unspecified atom stereocenters. The summed E-state index contributed by atoms with van der Waals surface area (Å²) in [7, 11) is -2.90. The van der Waals surface area contributed by atoms with Gasteiger partial charge in [-0.25, -0.2) is 0 Å². The van der Waals surface area contributed by atoms with E-state index in [9.17, 15) is 8.76 Å². The molecule has 0 saturated heterocycles. The molecule has 0 heterocycles. The molecule has 0 spiro atoms. The molecule has 0 radical (unpaired) electrons. The van der Waals surface area contributed by atoms with E-state index < -0.39 is 8.34 Å². The fourth-order valence-electron chi connectivity index (χ4n) is 0.424. The first kappa shape index (κ1) is 9.99. The molecule has 0 rings (SSSR count). The Morgan fingerprint density at radius 3 is 2.30 bits per heavy atom. The molecule has 0 aliphatic rings. The Kier molecular flexibility index (Phi) is 3.99. The van der Waals surface area contributed by atoms with Gasteiger partial charge in [0.25, 0.3) is 0 Å². The van der Waals surface area contributed by atoms with Crippen LogP contribution in [0.25, 0.3) is 0 Å². The molecule has 0 aromatic rings. The maximum absolute atomic E-state index is 11.6. The average Bonchev–Trinajstić information content (AvgIpc) is 1.59. The van der Waals surface area contributed by atoms with E-state index in [2.05, 4.69) is 4.52 Å². The van der Waals surface area contributed by atoms with Gasteiger partial charge in [-0.1, -0.05) is 20.8 Å². The fourth-order valence-corrected chi connectivity index (χ4v) is 0.658. The van der Waals surface area contributed by atoms with Crippen molar-refractivity contribution in [3.05, 3.63) is 0 Å². The van der Waals surface area contributed by atoms with Crippen LogP contribution in [-0.2, 0) is 9.09 Å². The second-order valence-electron chi connectivity index (χ2n) is 3.36. The minimum Gasteiger partial charge on any atom is -0.115 e. The van der Waals surface area contributed by atoms with Gasteiger partial charge < -0.3 is 0 Å². The summed E-state index contributed by atoms with van der Waals surface area (Å²) in [6, 6.07) is 0. The van der Waals surface area contributed by atoms with Crippen LogP contribution in [0.4, 0.5) is 4.20 Å². The lowest BCUT2D eigenvalue weighted by atomic mass is 9.93. The van der Waals surface area contributed by atoms with Gasteiger partial charge in [0.2, 0.25) is 0 Å². The Balaban J connectivity index is 3.29. The summed E-state index contributed by atoms with van der Waals surface area (Å²) in [4.78, 5) is 0. The van der Waals surface area contributed by atoms with Gasteiger partial charge in [-0.05, 0) is 11.8 Å². The monoisotopic (exact) mass is 167 g/mol. The molecule has 0 N–H and O–H groups in total. The van der Waals surface area contributed by atoms with E-state index in [-0.39, 0.29) is 12.0 Å². The second kappa shape index (κ2) is 3.99. The Bertz CT molecular complexity index is 119. The van der Waals surface area contributed by atoms with Crippen molar-refractivity contribution >= 4 is 8.34 Å². The molecule has 0 amide bonds. The Morgan fingerprint density at radius 2 is 2.00 bits per heavy atom. The molecule has 0 aliphatic carbocycles. The standard InChI is InChI=1S/C6H13FO2P/c1-6(2,3)4-5-9-10(7)8/h4-5H2,1-3H3/q+1. The molecule has 1 atom stereocenters. The summed E-state index contributed by atoms with van der Waals surface area (Å²) < 4.78 is 25.6. The van der Waals surface area contributed by atoms with Crippen molar-refractivity contribution in [1.29, 1.82) is 0 Å². The van der Waals surface area contributed by atoms with Crippen LogP contribution in [0.5, 0.6) is 0 Å². The lowest BCUT2D eigenvalue weighted by Crippen LogP contribution is -2.07. The van der Waals surface area contributed by atoms with Crippen LogP contribution in [-0.4, -0.2) is 6.61 Å². The summed E-state index contributed by atoms with van der Waals surface area (Å²) >= 11 is 0. The van der Waals surface area contributed by atoms with E-state index in [0.29, 0.717) is 0 Å². The highest BCUT2D eigenvalue weighted by Crippen LogP contribution is 2.26. The lowest BCUT2D eigenvalue weighted by molar-refractivity contribution is 0.241. The first-order valence-corrected chi connectivity index (χ1v) is 4.24. The van der Waals surface area contributed by atoms with Crippen LogP contribution in [0.2, 0.25) is 0 Å². The molecule has 0 aromatic carbocycles. The molecule has 0 saturated carbocycles. The predicted octanol–water partition coefficient (Wildman–Crippen LogP) is 3.07. The molecule has 10 heavy (non-hydrogen) atoms. The molecule has 0 aliphatic heterocycles. The van der Waals surface area contributed by atoms with Gasteiger partial charge in [0, 0.05) is 4.57 Å². The van der Waals surface area contributed by atoms with Crippen molar-refractivity contribution in [3.63, 3.8) is 0 Å². The summed E-state index contributed by atoms with van der Waals surface area (Å²) in [6.45, 7) is 6.28. The van der Waals surface area contributed by atoms with Crippen LogP contribution in [0.15, 0.2) is 0 Å². The molecule has 2 nitrogen and oxygen atoms in total. The molecule has 0 aromatic heterocycles. The van der Waals surface area contributed by atoms with Crippen LogP contribution in [0, 0.1) is 5.41 Å².